The summed E-state index contributed by atoms with van der Waals surface area (Å²) in [6, 6.07) is 18.2. The van der Waals surface area contributed by atoms with Gasteiger partial charge in [0.05, 0.1) is 0 Å². The molecule has 5 nitrogen and oxygen atoms in total. The van der Waals surface area contributed by atoms with Crippen molar-refractivity contribution in [3.8, 4) is 16.9 Å². The molecule has 2 N–H and O–H groups in total. The van der Waals surface area contributed by atoms with Crippen LogP contribution in [0, 0.1) is 0 Å². The Morgan fingerprint density at radius 2 is 1.50 bits per heavy atom. The maximum atomic E-state index is 12.6. The van der Waals surface area contributed by atoms with E-state index in [1.54, 1.807) is 18.2 Å². The number of nitrogens with zero attached hydrogens (tertiary/aromatic N) is 3. The van der Waals surface area contributed by atoms with Crippen molar-refractivity contribution in [2.45, 2.75) is 32.4 Å². The second-order valence-corrected chi connectivity index (χ2v) is 10.9. The summed E-state index contributed by atoms with van der Waals surface area (Å²) >= 11 is 12.4. The lowest BCUT2D eigenvalue weighted by Crippen LogP contribution is -2.45. The van der Waals surface area contributed by atoms with Crippen molar-refractivity contribution in [3.05, 3.63) is 88.0 Å². The minimum atomic E-state index is -4.72. The van der Waals surface area contributed by atoms with Crippen molar-refractivity contribution in [2.24, 2.45) is 5.73 Å². The zero-order valence-electron chi connectivity index (χ0n) is 22.7. The van der Waals surface area contributed by atoms with Gasteiger partial charge in [-0.3, -0.25) is 9.80 Å². The second-order valence-electron chi connectivity index (χ2n) is 10.1. The molecule has 228 valence electrons. The van der Waals surface area contributed by atoms with Crippen molar-refractivity contribution in [1.29, 1.82) is 0 Å². The minimum absolute atomic E-state index is 0. The molecule has 1 aromatic heterocycles. The highest BCUT2D eigenvalue weighted by Gasteiger charge is 2.31. The number of ether oxygens (including phenoxy) is 1. The Kier molecular flexibility index (Phi) is 12.3. The number of hydrogen-bond donors (Lipinski definition) is 1. The minimum Gasteiger partial charge on any atom is -0.406 e. The Bertz CT molecular complexity index is 1460. The average molecular weight is 664 g/mol. The van der Waals surface area contributed by atoms with E-state index in [0.29, 0.717) is 16.6 Å². The van der Waals surface area contributed by atoms with Gasteiger partial charge in [-0.25, -0.2) is 0 Å². The van der Waals surface area contributed by atoms with Gasteiger partial charge in [-0.1, -0.05) is 47.5 Å². The van der Waals surface area contributed by atoms with Crippen LogP contribution < -0.4 is 10.5 Å². The Labute approximate surface area is 266 Å². The molecule has 1 saturated heterocycles. The fraction of sp³-hybridized carbons (Fsp3) is 0.333. The molecule has 4 aromatic rings. The number of piperazine rings is 1. The molecule has 0 amide bonds. The molecule has 0 atom stereocenters. The zero-order chi connectivity index (χ0) is 28.3. The van der Waals surface area contributed by atoms with Crippen LogP contribution in [0.25, 0.3) is 22.0 Å². The van der Waals surface area contributed by atoms with Crippen molar-refractivity contribution in [3.63, 3.8) is 0 Å². The molecule has 5 rings (SSSR count). The van der Waals surface area contributed by atoms with Crippen molar-refractivity contribution in [2.75, 3.05) is 32.7 Å². The number of alkyl halides is 3. The molecule has 1 aliphatic heterocycles. The first kappa shape index (κ1) is 34.3. The van der Waals surface area contributed by atoms with Gasteiger partial charge in [0.2, 0.25) is 0 Å². The smallest absolute Gasteiger partial charge is 0.406 e. The van der Waals surface area contributed by atoms with Crippen LogP contribution >= 0.6 is 48.0 Å². The second kappa shape index (κ2) is 15.0. The van der Waals surface area contributed by atoms with E-state index >= 15 is 0 Å². The molecule has 12 heteroatoms. The molecular weight excluding hydrogens is 631 g/mol. The molecule has 0 unspecified atom stereocenters. The summed E-state index contributed by atoms with van der Waals surface area (Å²) in [6.45, 7) is 6.71. The third-order valence-corrected chi connectivity index (χ3v) is 7.81. The van der Waals surface area contributed by atoms with E-state index < -0.39 is 6.36 Å². The van der Waals surface area contributed by atoms with Crippen LogP contribution in [0.2, 0.25) is 10.0 Å². The number of rotatable bonds is 9. The molecule has 0 radical (unpaired) electrons. The standard InChI is InChI=1S/C30H31Cl2F3N4O.2ClH/c31-24-6-3-23(28(32)17-24)19-38-14-12-37(13-15-38)18-21-2-9-29-26(16-21)27(20-39(29)11-1-10-36)22-4-7-25(8-5-22)40-30(33,34)35;;/h2-9,16-17,20H,1,10-15,18-19,36H2;2*1H. The topological polar surface area (TPSA) is 46.7 Å². The third kappa shape index (κ3) is 8.69. The van der Waals surface area contributed by atoms with E-state index in [2.05, 4.69) is 43.5 Å². The SMILES string of the molecule is Cl.Cl.NCCCn1cc(-c2ccc(OC(F)(F)F)cc2)c2cc(CN3CCN(Cc4ccc(Cl)cc4Cl)CC3)ccc21. The van der Waals surface area contributed by atoms with Gasteiger partial charge in [-0.15, -0.1) is 38.0 Å². The summed E-state index contributed by atoms with van der Waals surface area (Å²) in [7, 11) is 0. The Hall–Kier alpha value is -2.17. The summed E-state index contributed by atoms with van der Waals surface area (Å²) in [6.07, 6.45) is -1.83. The maximum Gasteiger partial charge on any atom is 0.573 e. The monoisotopic (exact) mass is 662 g/mol. The summed E-state index contributed by atoms with van der Waals surface area (Å²) in [4.78, 5) is 4.84. The van der Waals surface area contributed by atoms with E-state index in [0.717, 1.165) is 79.8 Å². The number of benzene rings is 3. The molecule has 3 aromatic carbocycles. The fourth-order valence-corrected chi connectivity index (χ4v) is 5.68. The van der Waals surface area contributed by atoms with Gasteiger partial charge in [-0.2, -0.15) is 0 Å². The summed E-state index contributed by atoms with van der Waals surface area (Å²) < 4.78 is 44.1. The molecule has 1 fully saturated rings. The fourth-order valence-electron chi connectivity index (χ4n) is 5.21. The van der Waals surface area contributed by atoms with Gasteiger partial charge in [0, 0.05) is 78.5 Å². The lowest BCUT2D eigenvalue weighted by atomic mass is 10.0. The zero-order valence-corrected chi connectivity index (χ0v) is 25.9. The van der Waals surface area contributed by atoms with Crippen LogP contribution in [0.1, 0.15) is 17.5 Å². The quantitative estimate of drug-likeness (QED) is 0.197. The van der Waals surface area contributed by atoms with Crippen LogP contribution in [-0.2, 0) is 19.6 Å². The Morgan fingerprint density at radius 3 is 2.12 bits per heavy atom. The van der Waals surface area contributed by atoms with E-state index in [1.807, 2.05) is 12.1 Å². The number of hydrogen-bond acceptors (Lipinski definition) is 4. The first-order valence-corrected chi connectivity index (χ1v) is 14.0. The lowest BCUT2D eigenvalue weighted by Gasteiger charge is -2.35. The molecule has 0 bridgehead atoms. The van der Waals surface area contributed by atoms with Crippen LogP contribution in [-0.4, -0.2) is 53.5 Å². The molecule has 0 spiro atoms. The van der Waals surface area contributed by atoms with Crippen molar-refractivity contribution >= 4 is 58.9 Å². The van der Waals surface area contributed by atoms with Crippen LogP contribution in [0.4, 0.5) is 13.2 Å². The third-order valence-electron chi connectivity index (χ3n) is 7.23. The molecule has 42 heavy (non-hydrogen) atoms. The number of halogens is 7. The number of aromatic nitrogens is 1. The van der Waals surface area contributed by atoms with Crippen LogP contribution in [0.5, 0.6) is 5.75 Å². The largest absolute Gasteiger partial charge is 0.573 e. The highest BCUT2D eigenvalue weighted by molar-refractivity contribution is 6.35. The summed E-state index contributed by atoms with van der Waals surface area (Å²) in [5.41, 5.74) is 10.9. The van der Waals surface area contributed by atoms with Gasteiger partial charge < -0.3 is 15.0 Å². The van der Waals surface area contributed by atoms with E-state index in [4.69, 9.17) is 28.9 Å². The average Bonchev–Trinajstić information content (AvgIpc) is 3.27. The molecule has 0 aliphatic carbocycles. The van der Waals surface area contributed by atoms with E-state index in [9.17, 15) is 13.2 Å². The number of nitrogens with two attached hydrogens (primary N) is 1. The Morgan fingerprint density at radius 1 is 0.833 bits per heavy atom. The van der Waals surface area contributed by atoms with E-state index in [-0.39, 0.29) is 30.6 Å². The molecule has 1 aliphatic rings. The highest BCUT2D eigenvalue weighted by atomic mass is 35.5. The predicted molar refractivity (Wildman–Crippen MR) is 169 cm³/mol. The Balaban J connectivity index is 0.00000242. The van der Waals surface area contributed by atoms with Gasteiger partial charge in [0.15, 0.2) is 0 Å². The highest BCUT2D eigenvalue weighted by Crippen LogP contribution is 2.34. The van der Waals surface area contributed by atoms with Gasteiger partial charge in [0.25, 0.3) is 0 Å². The summed E-state index contributed by atoms with van der Waals surface area (Å²) in [5, 5.41) is 2.40. The first-order chi connectivity index (χ1) is 19.2. The van der Waals surface area contributed by atoms with Crippen LogP contribution in [0.3, 0.4) is 0 Å². The van der Waals surface area contributed by atoms with E-state index in [1.165, 1.54) is 17.7 Å². The van der Waals surface area contributed by atoms with Gasteiger partial charge >= 0.3 is 6.36 Å². The summed E-state index contributed by atoms with van der Waals surface area (Å²) in [5.74, 6) is -0.235. The molecule has 0 saturated carbocycles. The lowest BCUT2D eigenvalue weighted by molar-refractivity contribution is -0.274. The first-order valence-electron chi connectivity index (χ1n) is 13.3. The van der Waals surface area contributed by atoms with Crippen LogP contribution in [0.15, 0.2) is 66.9 Å². The van der Waals surface area contributed by atoms with Gasteiger partial charge in [-0.05, 0) is 66.1 Å². The number of fused-ring (bicyclic) bond motifs is 1. The normalized spacial score (nSPS) is 14.4. The maximum absolute atomic E-state index is 12.6. The predicted octanol–water partition coefficient (Wildman–Crippen LogP) is 8.02. The van der Waals surface area contributed by atoms with Crippen molar-refractivity contribution < 1.29 is 17.9 Å². The molecular formula is C30H33Cl4F3N4O. The number of aryl methyl sites for hydroxylation is 1. The van der Waals surface area contributed by atoms with Crippen molar-refractivity contribution in [1.82, 2.24) is 14.4 Å². The van der Waals surface area contributed by atoms with Gasteiger partial charge in [0.1, 0.15) is 5.75 Å². The molecule has 2 heterocycles.